The van der Waals surface area contributed by atoms with E-state index in [1.807, 2.05) is 0 Å². The van der Waals surface area contributed by atoms with E-state index in [2.05, 4.69) is 0 Å². The molecule has 0 radical (unpaired) electrons. The Morgan fingerprint density at radius 1 is 0.889 bits per heavy atom. The van der Waals surface area contributed by atoms with Gasteiger partial charge in [0, 0.05) is 5.41 Å². The Morgan fingerprint density at radius 3 is 1.89 bits per heavy atom. The number of rotatable bonds is 0. The van der Waals surface area contributed by atoms with Crippen molar-refractivity contribution in [3.8, 4) is 0 Å². The molecule has 0 aromatic rings. The van der Waals surface area contributed by atoms with Crippen LogP contribution in [-0.2, 0) is 4.74 Å². The predicted octanol–water partition coefficient (Wildman–Crippen LogP) is 1.58. The summed E-state index contributed by atoms with van der Waals surface area (Å²) in [6.07, 6.45) is 6.05. The maximum atomic E-state index is 5.20. The third kappa shape index (κ3) is 0.454. The van der Waals surface area contributed by atoms with Crippen LogP contribution in [0.4, 0.5) is 0 Å². The summed E-state index contributed by atoms with van der Waals surface area (Å²) in [5.74, 6) is 0. The van der Waals surface area contributed by atoms with Crippen molar-refractivity contribution in [3.05, 3.63) is 0 Å². The van der Waals surface area contributed by atoms with Gasteiger partial charge in [-0.1, -0.05) is 0 Å². The highest BCUT2D eigenvalue weighted by atomic mass is 16.5. The fraction of sp³-hybridized carbons (Fsp3) is 1.00. The molecule has 3 fully saturated rings. The Morgan fingerprint density at radius 2 is 1.56 bits per heavy atom. The highest BCUT2D eigenvalue weighted by Crippen LogP contribution is 2.70. The molecule has 3 rings (SSSR count). The van der Waals surface area contributed by atoms with E-state index < -0.39 is 0 Å². The molecule has 1 heterocycles. The van der Waals surface area contributed by atoms with E-state index in [0.29, 0.717) is 0 Å². The summed E-state index contributed by atoms with van der Waals surface area (Å²) in [6, 6.07) is 0. The molecule has 0 amide bonds. The molecule has 0 bridgehead atoms. The summed E-state index contributed by atoms with van der Waals surface area (Å²) < 4.78 is 5.20. The molecular formula is C8H12O. The lowest BCUT2D eigenvalue weighted by Gasteiger charge is -2.54. The Bertz CT molecular complexity index is 144. The van der Waals surface area contributed by atoms with Gasteiger partial charge in [-0.15, -0.1) is 0 Å². The zero-order valence-electron chi connectivity index (χ0n) is 5.65. The van der Waals surface area contributed by atoms with Crippen LogP contribution in [0.1, 0.15) is 25.7 Å². The monoisotopic (exact) mass is 124 g/mol. The fourth-order valence-corrected chi connectivity index (χ4v) is 2.66. The van der Waals surface area contributed by atoms with E-state index in [0.717, 1.165) is 24.0 Å². The van der Waals surface area contributed by atoms with Gasteiger partial charge in [0.2, 0.25) is 0 Å². The van der Waals surface area contributed by atoms with Gasteiger partial charge in [-0.3, -0.25) is 0 Å². The largest absolute Gasteiger partial charge is 0.380 e. The second kappa shape index (κ2) is 1.07. The summed E-state index contributed by atoms with van der Waals surface area (Å²) in [6.45, 7) is 2.16. The first-order valence-corrected chi connectivity index (χ1v) is 3.91. The SMILES string of the molecule is C1CC12CC1(COC1)C2. The van der Waals surface area contributed by atoms with Crippen molar-refractivity contribution in [2.24, 2.45) is 10.8 Å². The molecular weight excluding hydrogens is 112 g/mol. The van der Waals surface area contributed by atoms with Crippen molar-refractivity contribution >= 4 is 0 Å². The van der Waals surface area contributed by atoms with Gasteiger partial charge < -0.3 is 4.74 Å². The molecule has 0 unspecified atom stereocenters. The van der Waals surface area contributed by atoms with Crippen LogP contribution in [0.5, 0.6) is 0 Å². The van der Waals surface area contributed by atoms with Crippen LogP contribution >= 0.6 is 0 Å². The molecule has 1 saturated heterocycles. The van der Waals surface area contributed by atoms with Crippen molar-refractivity contribution in [2.45, 2.75) is 25.7 Å². The first-order chi connectivity index (χ1) is 4.33. The van der Waals surface area contributed by atoms with Gasteiger partial charge >= 0.3 is 0 Å². The van der Waals surface area contributed by atoms with Crippen LogP contribution in [0, 0.1) is 10.8 Å². The van der Waals surface area contributed by atoms with Crippen LogP contribution in [0.25, 0.3) is 0 Å². The molecule has 1 heteroatoms. The van der Waals surface area contributed by atoms with Gasteiger partial charge in [0.1, 0.15) is 0 Å². The van der Waals surface area contributed by atoms with Crippen molar-refractivity contribution in [2.75, 3.05) is 13.2 Å². The minimum Gasteiger partial charge on any atom is -0.380 e. The molecule has 1 nitrogen and oxygen atoms in total. The first-order valence-electron chi connectivity index (χ1n) is 3.91. The Balaban J connectivity index is 1.75. The summed E-state index contributed by atoms with van der Waals surface area (Å²) in [7, 11) is 0. The molecule has 9 heavy (non-hydrogen) atoms. The zero-order valence-corrected chi connectivity index (χ0v) is 5.65. The molecule has 1 aliphatic heterocycles. The maximum absolute atomic E-state index is 5.20. The average molecular weight is 124 g/mol. The predicted molar refractivity (Wildman–Crippen MR) is 34.2 cm³/mol. The quantitative estimate of drug-likeness (QED) is 0.476. The van der Waals surface area contributed by atoms with Gasteiger partial charge in [-0.2, -0.15) is 0 Å². The van der Waals surface area contributed by atoms with Crippen LogP contribution in [0.2, 0.25) is 0 Å². The molecule has 0 atom stereocenters. The third-order valence-corrected chi connectivity index (χ3v) is 3.27. The van der Waals surface area contributed by atoms with Gasteiger partial charge in [-0.05, 0) is 31.1 Å². The Hall–Kier alpha value is -0.0400. The van der Waals surface area contributed by atoms with E-state index in [-0.39, 0.29) is 0 Å². The summed E-state index contributed by atoms with van der Waals surface area (Å²) in [4.78, 5) is 0. The standard InChI is InChI=1S/C8H12O/c1-2-7(1)3-8(4-7)5-9-6-8/h1-6H2. The average Bonchev–Trinajstić information content (AvgIpc) is 2.32. The number of ether oxygens (including phenoxy) is 1. The van der Waals surface area contributed by atoms with Crippen LogP contribution in [0.3, 0.4) is 0 Å². The van der Waals surface area contributed by atoms with Gasteiger partial charge in [0.15, 0.2) is 0 Å². The van der Waals surface area contributed by atoms with Crippen molar-refractivity contribution in [1.82, 2.24) is 0 Å². The van der Waals surface area contributed by atoms with Crippen LogP contribution in [-0.4, -0.2) is 13.2 Å². The minimum atomic E-state index is 0.719. The molecule has 2 spiro atoms. The first kappa shape index (κ1) is 4.73. The highest BCUT2D eigenvalue weighted by Gasteiger charge is 2.63. The van der Waals surface area contributed by atoms with Crippen molar-refractivity contribution in [1.29, 1.82) is 0 Å². The fourth-order valence-electron chi connectivity index (χ4n) is 2.66. The normalized spacial score (nSPS) is 40.0. The van der Waals surface area contributed by atoms with Crippen molar-refractivity contribution in [3.63, 3.8) is 0 Å². The lowest BCUT2D eigenvalue weighted by Crippen LogP contribution is -2.53. The molecule has 0 aromatic carbocycles. The molecule has 2 aliphatic carbocycles. The van der Waals surface area contributed by atoms with Gasteiger partial charge in [0.05, 0.1) is 13.2 Å². The Kier molecular flexibility index (Phi) is 0.563. The molecule has 2 saturated carbocycles. The number of hydrogen-bond donors (Lipinski definition) is 0. The van der Waals surface area contributed by atoms with E-state index in [1.54, 1.807) is 0 Å². The zero-order chi connectivity index (χ0) is 5.95. The maximum Gasteiger partial charge on any atom is 0.0545 e. The Labute approximate surface area is 55.4 Å². The lowest BCUT2D eigenvalue weighted by molar-refractivity contribution is -0.186. The minimum absolute atomic E-state index is 0.719. The van der Waals surface area contributed by atoms with E-state index in [9.17, 15) is 0 Å². The van der Waals surface area contributed by atoms with Gasteiger partial charge in [0.25, 0.3) is 0 Å². The van der Waals surface area contributed by atoms with Crippen LogP contribution in [0.15, 0.2) is 0 Å². The van der Waals surface area contributed by atoms with E-state index >= 15 is 0 Å². The van der Waals surface area contributed by atoms with E-state index in [1.165, 1.54) is 25.7 Å². The van der Waals surface area contributed by atoms with Crippen LogP contribution < -0.4 is 0 Å². The van der Waals surface area contributed by atoms with E-state index in [4.69, 9.17) is 4.74 Å². The number of hydrogen-bond acceptors (Lipinski definition) is 1. The summed E-state index contributed by atoms with van der Waals surface area (Å²) >= 11 is 0. The summed E-state index contributed by atoms with van der Waals surface area (Å²) in [5, 5.41) is 0. The third-order valence-electron chi connectivity index (χ3n) is 3.27. The van der Waals surface area contributed by atoms with Crippen molar-refractivity contribution < 1.29 is 4.74 Å². The summed E-state index contributed by atoms with van der Waals surface area (Å²) in [5.41, 5.74) is 1.60. The van der Waals surface area contributed by atoms with Gasteiger partial charge in [-0.25, -0.2) is 0 Å². The second-order valence-corrected chi connectivity index (χ2v) is 4.35. The topological polar surface area (TPSA) is 9.23 Å². The highest BCUT2D eigenvalue weighted by molar-refractivity contribution is 5.12. The second-order valence-electron chi connectivity index (χ2n) is 4.35. The molecule has 0 aromatic heterocycles. The lowest BCUT2D eigenvalue weighted by atomic mass is 9.58. The molecule has 50 valence electrons. The molecule has 0 N–H and O–H groups in total. The molecule has 3 aliphatic rings. The smallest absolute Gasteiger partial charge is 0.0545 e.